The van der Waals surface area contributed by atoms with Crippen LogP contribution in [0.1, 0.15) is 31.4 Å². The number of hydrogen-bond donors (Lipinski definition) is 2. The summed E-state index contributed by atoms with van der Waals surface area (Å²) in [4.78, 5) is 0. The zero-order valence-electron chi connectivity index (χ0n) is 7.20. The molecular weight excluding hydrogens is 152 g/mol. The SMILES string of the molecule is CCCC(O)c1cccc(O)c1. The van der Waals surface area contributed by atoms with Gasteiger partial charge in [0, 0.05) is 0 Å². The Morgan fingerprint density at radius 1 is 1.42 bits per heavy atom. The second kappa shape index (κ2) is 4.12. The van der Waals surface area contributed by atoms with Gasteiger partial charge in [-0.05, 0) is 24.1 Å². The van der Waals surface area contributed by atoms with Gasteiger partial charge in [0.2, 0.25) is 0 Å². The van der Waals surface area contributed by atoms with Crippen LogP contribution in [-0.2, 0) is 0 Å². The molecule has 2 heteroatoms. The minimum atomic E-state index is -0.443. The van der Waals surface area contributed by atoms with Gasteiger partial charge < -0.3 is 10.2 Å². The first-order valence-corrected chi connectivity index (χ1v) is 4.21. The number of aliphatic hydroxyl groups excluding tert-OH is 1. The second-order valence-corrected chi connectivity index (χ2v) is 2.90. The monoisotopic (exact) mass is 166 g/mol. The number of rotatable bonds is 3. The third kappa shape index (κ3) is 2.24. The molecule has 1 aromatic rings. The Morgan fingerprint density at radius 3 is 2.75 bits per heavy atom. The van der Waals surface area contributed by atoms with Gasteiger partial charge >= 0.3 is 0 Å². The van der Waals surface area contributed by atoms with E-state index in [2.05, 4.69) is 0 Å². The molecule has 1 aromatic carbocycles. The first-order chi connectivity index (χ1) is 5.74. The van der Waals surface area contributed by atoms with Crippen LogP contribution in [0.2, 0.25) is 0 Å². The summed E-state index contributed by atoms with van der Waals surface area (Å²) in [5.74, 6) is 0.211. The Labute approximate surface area is 72.5 Å². The zero-order chi connectivity index (χ0) is 8.97. The van der Waals surface area contributed by atoms with Crippen LogP contribution in [0, 0.1) is 0 Å². The molecular formula is C10H14O2. The molecule has 0 heterocycles. The van der Waals surface area contributed by atoms with Crippen molar-refractivity contribution < 1.29 is 10.2 Å². The van der Waals surface area contributed by atoms with Gasteiger partial charge in [0.05, 0.1) is 6.10 Å². The molecule has 0 bridgehead atoms. The van der Waals surface area contributed by atoms with Crippen LogP contribution in [0.5, 0.6) is 5.75 Å². The Hall–Kier alpha value is -1.02. The van der Waals surface area contributed by atoms with Crippen LogP contribution in [0.25, 0.3) is 0 Å². The molecule has 0 radical (unpaired) electrons. The molecule has 1 unspecified atom stereocenters. The van der Waals surface area contributed by atoms with E-state index in [1.807, 2.05) is 13.0 Å². The summed E-state index contributed by atoms with van der Waals surface area (Å²) in [6.07, 6.45) is 1.24. The van der Waals surface area contributed by atoms with Crippen LogP contribution >= 0.6 is 0 Å². The van der Waals surface area contributed by atoms with E-state index in [0.717, 1.165) is 18.4 Å². The fourth-order valence-electron chi connectivity index (χ4n) is 1.17. The van der Waals surface area contributed by atoms with Gasteiger partial charge in [0.1, 0.15) is 5.75 Å². The Morgan fingerprint density at radius 2 is 2.17 bits per heavy atom. The van der Waals surface area contributed by atoms with Crippen molar-refractivity contribution in [2.24, 2.45) is 0 Å². The number of benzene rings is 1. The van der Waals surface area contributed by atoms with Gasteiger partial charge in [-0.25, -0.2) is 0 Å². The summed E-state index contributed by atoms with van der Waals surface area (Å²) < 4.78 is 0. The number of phenolic OH excluding ortho intramolecular Hbond substituents is 1. The van der Waals surface area contributed by atoms with Gasteiger partial charge in [-0.1, -0.05) is 25.5 Å². The van der Waals surface area contributed by atoms with Crippen LogP contribution in [-0.4, -0.2) is 10.2 Å². The highest BCUT2D eigenvalue weighted by atomic mass is 16.3. The highest BCUT2D eigenvalue weighted by Crippen LogP contribution is 2.21. The first kappa shape index (κ1) is 9.07. The second-order valence-electron chi connectivity index (χ2n) is 2.90. The topological polar surface area (TPSA) is 40.5 Å². The van der Waals surface area contributed by atoms with E-state index in [9.17, 15) is 5.11 Å². The molecule has 66 valence electrons. The maximum absolute atomic E-state index is 9.53. The molecule has 0 aromatic heterocycles. The molecule has 0 saturated heterocycles. The molecule has 0 aliphatic carbocycles. The van der Waals surface area contributed by atoms with Crippen molar-refractivity contribution in [2.75, 3.05) is 0 Å². The van der Waals surface area contributed by atoms with Crippen molar-refractivity contribution in [1.82, 2.24) is 0 Å². The van der Waals surface area contributed by atoms with E-state index in [4.69, 9.17) is 5.11 Å². The van der Waals surface area contributed by atoms with E-state index in [1.54, 1.807) is 18.2 Å². The lowest BCUT2D eigenvalue weighted by Crippen LogP contribution is -1.95. The highest BCUT2D eigenvalue weighted by molar-refractivity contribution is 5.28. The van der Waals surface area contributed by atoms with Crippen molar-refractivity contribution in [3.05, 3.63) is 29.8 Å². The summed E-state index contributed by atoms with van der Waals surface area (Å²) in [6, 6.07) is 6.76. The average Bonchev–Trinajstić information content (AvgIpc) is 2.05. The minimum absolute atomic E-state index is 0.211. The van der Waals surface area contributed by atoms with Crippen molar-refractivity contribution in [1.29, 1.82) is 0 Å². The van der Waals surface area contributed by atoms with Gasteiger partial charge in [0.15, 0.2) is 0 Å². The van der Waals surface area contributed by atoms with Gasteiger partial charge in [-0.15, -0.1) is 0 Å². The van der Waals surface area contributed by atoms with Crippen LogP contribution in [0.15, 0.2) is 24.3 Å². The summed E-state index contributed by atoms with van der Waals surface area (Å²) in [7, 11) is 0. The summed E-state index contributed by atoms with van der Waals surface area (Å²) in [6.45, 7) is 2.02. The third-order valence-corrected chi connectivity index (χ3v) is 1.82. The van der Waals surface area contributed by atoms with Crippen molar-refractivity contribution in [3.63, 3.8) is 0 Å². The van der Waals surface area contributed by atoms with Crippen LogP contribution in [0.3, 0.4) is 0 Å². The summed E-state index contributed by atoms with van der Waals surface area (Å²) >= 11 is 0. The predicted octanol–water partition coefficient (Wildman–Crippen LogP) is 2.23. The van der Waals surface area contributed by atoms with Crippen LogP contribution in [0.4, 0.5) is 0 Å². The van der Waals surface area contributed by atoms with Crippen molar-refractivity contribution >= 4 is 0 Å². The molecule has 0 saturated carbocycles. The number of aromatic hydroxyl groups is 1. The highest BCUT2D eigenvalue weighted by Gasteiger charge is 2.05. The summed E-state index contributed by atoms with van der Waals surface area (Å²) in [5, 5.41) is 18.7. The fourth-order valence-corrected chi connectivity index (χ4v) is 1.17. The molecule has 0 aliphatic rings. The maximum atomic E-state index is 9.53. The number of phenols is 1. The fraction of sp³-hybridized carbons (Fsp3) is 0.400. The molecule has 1 rings (SSSR count). The number of aliphatic hydroxyl groups is 1. The summed E-state index contributed by atoms with van der Waals surface area (Å²) in [5.41, 5.74) is 0.789. The van der Waals surface area contributed by atoms with Gasteiger partial charge in [-0.3, -0.25) is 0 Å². The number of hydrogen-bond acceptors (Lipinski definition) is 2. The molecule has 12 heavy (non-hydrogen) atoms. The maximum Gasteiger partial charge on any atom is 0.115 e. The smallest absolute Gasteiger partial charge is 0.115 e. The molecule has 2 N–H and O–H groups in total. The zero-order valence-corrected chi connectivity index (χ0v) is 7.20. The lowest BCUT2D eigenvalue weighted by Gasteiger charge is -2.08. The first-order valence-electron chi connectivity index (χ1n) is 4.21. The Bertz CT molecular complexity index is 245. The Kier molecular flexibility index (Phi) is 3.11. The normalized spacial score (nSPS) is 12.8. The standard InChI is InChI=1S/C10H14O2/c1-2-4-10(12)8-5-3-6-9(11)7-8/h3,5-7,10-12H,2,4H2,1H3. The van der Waals surface area contributed by atoms with Crippen molar-refractivity contribution in [2.45, 2.75) is 25.9 Å². The van der Waals surface area contributed by atoms with E-state index >= 15 is 0 Å². The molecule has 2 nitrogen and oxygen atoms in total. The van der Waals surface area contributed by atoms with E-state index in [1.165, 1.54) is 0 Å². The van der Waals surface area contributed by atoms with Crippen LogP contribution < -0.4 is 0 Å². The van der Waals surface area contributed by atoms with Crippen molar-refractivity contribution in [3.8, 4) is 5.75 Å². The van der Waals surface area contributed by atoms with Gasteiger partial charge in [0.25, 0.3) is 0 Å². The quantitative estimate of drug-likeness (QED) is 0.722. The van der Waals surface area contributed by atoms with E-state index in [-0.39, 0.29) is 5.75 Å². The molecule has 0 amide bonds. The predicted molar refractivity (Wildman–Crippen MR) is 48.0 cm³/mol. The lowest BCUT2D eigenvalue weighted by molar-refractivity contribution is 0.166. The minimum Gasteiger partial charge on any atom is -0.508 e. The largest absolute Gasteiger partial charge is 0.508 e. The third-order valence-electron chi connectivity index (χ3n) is 1.82. The average molecular weight is 166 g/mol. The Balaban J connectivity index is 2.73. The molecule has 0 fully saturated rings. The lowest BCUT2D eigenvalue weighted by atomic mass is 10.1. The molecule has 0 aliphatic heterocycles. The van der Waals surface area contributed by atoms with Gasteiger partial charge in [-0.2, -0.15) is 0 Å². The van der Waals surface area contributed by atoms with E-state index in [0.29, 0.717) is 0 Å². The molecule has 1 atom stereocenters. The van der Waals surface area contributed by atoms with E-state index < -0.39 is 6.10 Å². The molecule has 0 spiro atoms.